The summed E-state index contributed by atoms with van der Waals surface area (Å²) >= 11 is 0. The maximum absolute atomic E-state index is 11.6. The minimum Gasteiger partial charge on any atom is -0.479 e. The Labute approximate surface area is 121 Å². The van der Waals surface area contributed by atoms with Gasteiger partial charge in [-0.15, -0.1) is 0 Å². The monoisotopic (exact) mass is 290 g/mol. The summed E-state index contributed by atoms with van der Waals surface area (Å²) in [5, 5.41) is 11.2. The van der Waals surface area contributed by atoms with E-state index in [0.717, 1.165) is 6.08 Å². The number of ether oxygens (including phenoxy) is 3. The smallest absolute Gasteiger partial charge is 0.354 e. The standard InChI is InChI=1S/C14H14N2O5/c1-19-13(17)9-12(14(18)20-2)16-10-4-3-5-11(8-10)21-7-6-15/h3-5,8-9,16H,7H2,1-2H3/b12-9+. The van der Waals surface area contributed by atoms with E-state index in [1.807, 2.05) is 6.07 Å². The highest BCUT2D eigenvalue weighted by Gasteiger charge is 2.13. The third-order valence-corrected chi connectivity index (χ3v) is 2.29. The zero-order chi connectivity index (χ0) is 15.7. The summed E-state index contributed by atoms with van der Waals surface area (Å²) in [5.41, 5.74) is 0.410. The van der Waals surface area contributed by atoms with Gasteiger partial charge in [-0.1, -0.05) is 6.07 Å². The van der Waals surface area contributed by atoms with Gasteiger partial charge >= 0.3 is 11.9 Å². The number of hydrogen-bond donors (Lipinski definition) is 1. The summed E-state index contributed by atoms with van der Waals surface area (Å²) in [7, 11) is 2.39. The molecule has 1 aromatic rings. The number of nitrogens with zero attached hydrogens (tertiary/aromatic N) is 1. The topological polar surface area (TPSA) is 97.6 Å². The Hall–Kier alpha value is -3.01. The molecule has 0 aromatic heterocycles. The van der Waals surface area contributed by atoms with Crippen LogP contribution in [0.15, 0.2) is 36.0 Å². The van der Waals surface area contributed by atoms with Crippen LogP contribution in [0.4, 0.5) is 5.69 Å². The van der Waals surface area contributed by atoms with Crippen molar-refractivity contribution >= 4 is 17.6 Å². The number of rotatable bonds is 6. The SMILES string of the molecule is COC(=O)/C=C(/Nc1cccc(OCC#N)c1)C(=O)OC. The number of nitriles is 1. The molecule has 0 aliphatic heterocycles. The first-order valence-electron chi connectivity index (χ1n) is 5.85. The third kappa shape index (κ3) is 5.24. The Morgan fingerprint density at radius 2 is 2.10 bits per heavy atom. The number of esters is 2. The van der Waals surface area contributed by atoms with Crippen molar-refractivity contribution in [1.82, 2.24) is 0 Å². The van der Waals surface area contributed by atoms with Gasteiger partial charge in [0.05, 0.1) is 20.3 Å². The number of hydrogen-bond acceptors (Lipinski definition) is 7. The molecule has 110 valence electrons. The van der Waals surface area contributed by atoms with Crippen LogP contribution in [-0.2, 0) is 19.1 Å². The fraction of sp³-hybridized carbons (Fsp3) is 0.214. The van der Waals surface area contributed by atoms with Crippen molar-refractivity contribution < 1.29 is 23.8 Å². The average Bonchev–Trinajstić information content (AvgIpc) is 2.51. The number of benzene rings is 1. The number of methoxy groups -OCH3 is 2. The third-order valence-electron chi connectivity index (χ3n) is 2.29. The van der Waals surface area contributed by atoms with Gasteiger partial charge in [0.25, 0.3) is 0 Å². The first-order valence-corrected chi connectivity index (χ1v) is 5.85. The largest absolute Gasteiger partial charge is 0.479 e. The molecule has 7 heteroatoms. The summed E-state index contributed by atoms with van der Waals surface area (Å²) in [6, 6.07) is 8.41. The zero-order valence-electron chi connectivity index (χ0n) is 11.6. The van der Waals surface area contributed by atoms with Crippen LogP contribution >= 0.6 is 0 Å². The minimum absolute atomic E-state index is 0.0817. The summed E-state index contributed by atoms with van der Waals surface area (Å²) < 4.78 is 14.2. The first kappa shape index (κ1) is 16.0. The Balaban J connectivity index is 2.93. The van der Waals surface area contributed by atoms with E-state index in [2.05, 4.69) is 14.8 Å². The van der Waals surface area contributed by atoms with E-state index in [-0.39, 0.29) is 12.3 Å². The lowest BCUT2D eigenvalue weighted by atomic mass is 10.2. The molecule has 0 spiro atoms. The van der Waals surface area contributed by atoms with Crippen LogP contribution < -0.4 is 10.1 Å². The summed E-state index contributed by atoms with van der Waals surface area (Å²) in [5.74, 6) is -0.965. The highest BCUT2D eigenvalue weighted by atomic mass is 16.5. The van der Waals surface area contributed by atoms with E-state index >= 15 is 0 Å². The first-order chi connectivity index (χ1) is 10.1. The number of carbonyl (C=O) groups excluding carboxylic acids is 2. The summed E-state index contributed by atoms with van der Waals surface area (Å²) in [6.45, 7) is -0.0920. The Morgan fingerprint density at radius 3 is 2.71 bits per heavy atom. The van der Waals surface area contributed by atoms with Crippen LogP contribution in [-0.4, -0.2) is 32.8 Å². The normalized spacial score (nSPS) is 10.2. The molecule has 7 nitrogen and oxygen atoms in total. The fourth-order valence-corrected chi connectivity index (χ4v) is 1.37. The number of carbonyl (C=O) groups is 2. The van der Waals surface area contributed by atoms with Crippen molar-refractivity contribution in [2.45, 2.75) is 0 Å². The molecular formula is C14H14N2O5. The van der Waals surface area contributed by atoms with Gasteiger partial charge in [0, 0.05) is 11.8 Å². The lowest BCUT2D eigenvalue weighted by molar-refractivity contribution is -0.138. The number of nitrogens with one attached hydrogen (secondary N) is 1. The van der Waals surface area contributed by atoms with Crippen LogP contribution in [0.25, 0.3) is 0 Å². The molecule has 0 aliphatic rings. The zero-order valence-corrected chi connectivity index (χ0v) is 11.6. The van der Waals surface area contributed by atoms with Gasteiger partial charge in [-0.2, -0.15) is 5.26 Å². The van der Waals surface area contributed by atoms with Crippen molar-refractivity contribution in [3.63, 3.8) is 0 Å². The van der Waals surface area contributed by atoms with Crippen LogP contribution in [0.3, 0.4) is 0 Å². The molecule has 0 radical (unpaired) electrons. The second-order valence-corrected chi connectivity index (χ2v) is 3.67. The van der Waals surface area contributed by atoms with Gasteiger partial charge in [-0.25, -0.2) is 9.59 Å². The predicted molar refractivity (Wildman–Crippen MR) is 73.3 cm³/mol. The molecule has 0 fully saturated rings. The molecule has 1 aromatic carbocycles. The predicted octanol–water partition coefficient (Wildman–Crippen LogP) is 1.23. The lowest BCUT2D eigenvalue weighted by Crippen LogP contribution is -2.15. The lowest BCUT2D eigenvalue weighted by Gasteiger charge is -2.10. The Morgan fingerprint density at radius 1 is 1.33 bits per heavy atom. The van der Waals surface area contributed by atoms with E-state index < -0.39 is 11.9 Å². The van der Waals surface area contributed by atoms with Gasteiger partial charge < -0.3 is 19.5 Å². The van der Waals surface area contributed by atoms with Crippen LogP contribution in [0.5, 0.6) is 5.75 Å². The van der Waals surface area contributed by atoms with E-state index in [1.54, 1.807) is 24.3 Å². The summed E-state index contributed by atoms with van der Waals surface area (Å²) in [4.78, 5) is 22.8. The molecule has 0 bridgehead atoms. The van der Waals surface area contributed by atoms with Gasteiger partial charge in [0.15, 0.2) is 6.61 Å². The molecule has 0 amide bonds. The highest BCUT2D eigenvalue weighted by molar-refractivity contribution is 5.98. The number of anilines is 1. The molecule has 0 saturated heterocycles. The summed E-state index contributed by atoms with van der Waals surface area (Å²) in [6.07, 6.45) is 0.981. The molecule has 0 heterocycles. The van der Waals surface area contributed by atoms with E-state index in [9.17, 15) is 9.59 Å². The van der Waals surface area contributed by atoms with Gasteiger partial charge in [0.2, 0.25) is 0 Å². The Kier molecular flexibility index (Phi) is 6.28. The fourth-order valence-electron chi connectivity index (χ4n) is 1.37. The van der Waals surface area contributed by atoms with Crippen molar-refractivity contribution in [3.8, 4) is 11.8 Å². The highest BCUT2D eigenvalue weighted by Crippen LogP contribution is 2.19. The second-order valence-electron chi connectivity index (χ2n) is 3.67. The van der Waals surface area contributed by atoms with Crippen molar-refractivity contribution in [2.75, 3.05) is 26.1 Å². The molecule has 0 unspecified atom stereocenters. The quantitative estimate of drug-likeness (QED) is 0.621. The average molecular weight is 290 g/mol. The molecule has 0 saturated carbocycles. The molecule has 1 N–H and O–H groups in total. The van der Waals surface area contributed by atoms with E-state index in [0.29, 0.717) is 11.4 Å². The van der Waals surface area contributed by atoms with Crippen molar-refractivity contribution in [2.24, 2.45) is 0 Å². The van der Waals surface area contributed by atoms with Crippen molar-refractivity contribution in [1.29, 1.82) is 5.26 Å². The molecule has 0 atom stereocenters. The van der Waals surface area contributed by atoms with Crippen LogP contribution in [0.1, 0.15) is 0 Å². The Bertz CT molecular complexity index is 589. The molecule has 21 heavy (non-hydrogen) atoms. The molecular weight excluding hydrogens is 276 g/mol. The minimum atomic E-state index is -0.719. The van der Waals surface area contributed by atoms with Gasteiger partial charge in [-0.3, -0.25) is 0 Å². The van der Waals surface area contributed by atoms with Crippen LogP contribution in [0, 0.1) is 11.3 Å². The molecule has 1 rings (SSSR count). The molecule has 0 aliphatic carbocycles. The van der Waals surface area contributed by atoms with Gasteiger partial charge in [-0.05, 0) is 12.1 Å². The maximum Gasteiger partial charge on any atom is 0.354 e. The van der Waals surface area contributed by atoms with Gasteiger partial charge in [0.1, 0.15) is 17.5 Å². The van der Waals surface area contributed by atoms with E-state index in [4.69, 9.17) is 10.00 Å². The van der Waals surface area contributed by atoms with E-state index in [1.165, 1.54) is 14.2 Å². The maximum atomic E-state index is 11.6. The van der Waals surface area contributed by atoms with Crippen molar-refractivity contribution in [3.05, 3.63) is 36.0 Å². The second kappa shape index (κ2) is 8.22. The van der Waals surface area contributed by atoms with Crippen LogP contribution in [0.2, 0.25) is 0 Å².